The van der Waals surface area contributed by atoms with Gasteiger partial charge >= 0.3 is 0 Å². The number of aliphatic hydroxyl groups is 1. The van der Waals surface area contributed by atoms with Gasteiger partial charge in [-0.1, -0.05) is 0 Å². The first-order chi connectivity index (χ1) is 2.64. The van der Waals surface area contributed by atoms with E-state index < -0.39 is 12.3 Å². The second kappa shape index (κ2) is 2.13. The lowest BCUT2D eigenvalue weighted by Crippen LogP contribution is -2.12. The maximum Gasteiger partial charge on any atom is 0.123 e. The van der Waals surface area contributed by atoms with Gasteiger partial charge in [0.2, 0.25) is 0 Å². The fraction of sp³-hybridized carbons (Fsp3) is 1.00. The minimum Gasteiger partial charge on any atom is -0.390 e. The van der Waals surface area contributed by atoms with E-state index >= 15 is 0 Å². The lowest BCUT2D eigenvalue weighted by molar-refractivity contribution is 0.104. The lowest BCUT2D eigenvalue weighted by atomic mass is 10.3. The molecule has 0 aromatic heterocycles. The molecule has 0 aliphatic carbocycles. The first-order valence-corrected chi connectivity index (χ1v) is 1.96. The van der Waals surface area contributed by atoms with Crippen molar-refractivity contribution in [2.24, 2.45) is 0 Å². The normalized spacial score (nSPS) is 20.0. The highest BCUT2D eigenvalue weighted by Gasteiger charge is 2.02. The van der Waals surface area contributed by atoms with Crippen LogP contribution in [0.3, 0.4) is 0 Å². The molecule has 0 saturated carbocycles. The Kier molecular flexibility index (Phi) is 2.09. The van der Waals surface area contributed by atoms with Crippen LogP contribution in [0.5, 0.6) is 0 Å². The van der Waals surface area contributed by atoms with Crippen LogP contribution in [0.25, 0.3) is 0 Å². The Hall–Kier alpha value is -0.110. The molecule has 0 spiro atoms. The van der Waals surface area contributed by atoms with Crippen LogP contribution in [-0.2, 0) is 0 Å². The zero-order valence-electron chi connectivity index (χ0n) is 3.98. The van der Waals surface area contributed by atoms with Crippen molar-refractivity contribution in [3.63, 3.8) is 0 Å². The fourth-order valence-electron chi connectivity index (χ4n) is 0. The first kappa shape index (κ1) is 5.89. The van der Waals surface area contributed by atoms with Crippen LogP contribution >= 0.6 is 0 Å². The SMILES string of the molecule is C[C@@H](O)[C@@H](C)F. The van der Waals surface area contributed by atoms with Gasteiger partial charge in [0, 0.05) is 0 Å². The highest BCUT2D eigenvalue weighted by Crippen LogP contribution is 1.92. The predicted molar refractivity (Wildman–Crippen MR) is 22.3 cm³/mol. The van der Waals surface area contributed by atoms with Gasteiger partial charge in [-0.2, -0.15) is 0 Å². The van der Waals surface area contributed by atoms with Gasteiger partial charge in [0.25, 0.3) is 0 Å². The van der Waals surface area contributed by atoms with Crippen molar-refractivity contribution in [3.05, 3.63) is 0 Å². The van der Waals surface area contributed by atoms with Crippen molar-refractivity contribution in [2.45, 2.75) is 26.1 Å². The standard InChI is InChI=1S/C4H9FO/c1-3(5)4(2)6/h3-4,6H,1-2H3/t3-,4-/m1/s1. The Morgan fingerprint density at radius 3 is 1.67 bits per heavy atom. The summed E-state index contributed by atoms with van der Waals surface area (Å²) in [6.07, 6.45) is -1.91. The van der Waals surface area contributed by atoms with E-state index in [1.54, 1.807) is 0 Å². The summed E-state index contributed by atoms with van der Waals surface area (Å²) >= 11 is 0. The molecule has 2 heteroatoms. The first-order valence-electron chi connectivity index (χ1n) is 1.96. The van der Waals surface area contributed by atoms with E-state index in [0.717, 1.165) is 0 Å². The van der Waals surface area contributed by atoms with Gasteiger partial charge < -0.3 is 5.11 Å². The molecule has 0 aromatic rings. The molecule has 0 aliphatic heterocycles. The number of halogens is 1. The molecule has 0 radical (unpaired) electrons. The molecule has 0 bridgehead atoms. The molecule has 38 valence electrons. The molecule has 6 heavy (non-hydrogen) atoms. The Bertz CT molecular complexity index is 28.5. The minimum absolute atomic E-state index is 0.815. The summed E-state index contributed by atoms with van der Waals surface area (Å²) in [6.45, 7) is 2.75. The summed E-state index contributed by atoms with van der Waals surface area (Å²) in [6, 6.07) is 0. The maximum atomic E-state index is 11.6. The Balaban J connectivity index is 2.99. The topological polar surface area (TPSA) is 20.2 Å². The largest absolute Gasteiger partial charge is 0.390 e. The van der Waals surface area contributed by atoms with E-state index in [-0.39, 0.29) is 0 Å². The number of rotatable bonds is 1. The van der Waals surface area contributed by atoms with Crippen molar-refractivity contribution in [3.8, 4) is 0 Å². The van der Waals surface area contributed by atoms with E-state index in [0.29, 0.717) is 0 Å². The highest BCUT2D eigenvalue weighted by molar-refractivity contribution is 4.51. The Morgan fingerprint density at radius 1 is 1.50 bits per heavy atom. The molecule has 1 nitrogen and oxygen atoms in total. The highest BCUT2D eigenvalue weighted by atomic mass is 19.1. The Labute approximate surface area is 36.8 Å². The average molecular weight is 92.1 g/mol. The number of alkyl halides is 1. The summed E-state index contributed by atoms with van der Waals surface area (Å²) < 4.78 is 11.6. The van der Waals surface area contributed by atoms with Crippen LogP contribution in [0.2, 0.25) is 0 Å². The van der Waals surface area contributed by atoms with Crippen molar-refractivity contribution in [1.29, 1.82) is 0 Å². The second-order valence-electron chi connectivity index (χ2n) is 1.42. The third-order valence-corrected chi connectivity index (χ3v) is 0.665. The molecule has 0 saturated heterocycles. The van der Waals surface area contributed by atoms with Crippen LogP contribution in [0, 0.1) is 0 Å². The van der Waals surface area contributed by atoms with Crippen LogP contribution in [0.15, 0.2) is 0 Å². The molecule has 2 atom stereocenters. The molecule has 0 aliphatic rings. The van der Waals surface area contributed by atoms with E-state index in [9.17, 15) is 4.39 Å². The van der Waals surface area contributed by atoms with E-state index in [1.165, 1.54) is 13.8 Å². The molecule has 0 rings (SSSR count). The van der Waals surface area contributed by atoms with Crippen LogP contribution in [0.1, 0.15) is 13.8 Å². The van der Waals surface area contributed by atoms with Crippen molar-refractivity contribution >= 4 is 0 Å². The van der Waals surface area contributed by atoms with Crippen LogP contribution < -0.4 is 0 Å². The summed E-state index contributed by atoms with van der Waals surface area (Å²) in [5.74, 6) is 0. The third-order valence-electron chi connectivity index (χ3n) is 0.665. The minimum atomic E-state index is -1.09. The molecule has 0 fully saturated rings. The maximum absolute atomic E-state index is 11.6. The van der Waals surface area contributed by atoms with E-state index in [4.69, 9.17) is 5.11 Å². The lowest BCUT2D eigenvalue weighted by Gasteiger charge is -2.00. The van der Waals surface area contributed by atoms with Gasteiger partial charge in [-0.15, -0.1) is 0 Å². The third kappa shape index (κ3) is 2.15. The van der Waals surface area contributed by atoms with Crippen LogP contribution in [-0.4, -0.2) is 17.4 Å². The summed E-state index contributed by atoms with van der Waals surface area (Å²) in [5, 5.41) is 8.25. The van der Waals surface area contributed by atoms with Gasteiger partial charge in [0.05, 0.1) is 6.10 Å². The molecule has 1 N–H and O–H groups in total. The monoisotopic (exact) mass is 92.1 g/mol. The van der Waals surface area contributed by atoms with Gasteiger partial charge in [0.15, 0.2) is 0 Å². The smallest absolute Gasteiger partial charge is 0.123 e. The molecule has 0 amide bonds. The molecular weight excluding hydrogens is 83.0 g/mol. The number of hydrogen-bond donors (Lipinski definition) is 1. The van der Waals surface area contributed by atoms with Crippen LogP contribution in [0.4, 0.5) is 4.39 Å². The summed E-state index contributed by atoms with van der Waals surface area (Å²) in [4.78, 5) is 0. The molecule has 0 unspecified atom stereocenters. The predicted octanol–water partition coefficient (Wildman–Crippen LogP) is 0.725. The molecular formula is C4H9FO. The van der Waals surface area contributed by atoms with E-state index in [2.05, 4.69) is 0 Å². The van der Waals surface area contributed by atoms with Gasteiger partial charge in [0.1, 0.15) is 6.17 Å². The van der Waals surface area contributed by atoms with Gasteiger partial charge in [-0.05, 0) is 13.8 Å². The zero-order chi connectivity index (χ0) is 5.15. The van der Waals surface area contributed by atoms with Crippen molar-refractivity contribution in [2.75, 3.05) is 0 Å². The van der Waals surface area contributed by atoms with Crippen molar-refractivity contribution in [1.82, 2.24) is 0 Å². The van der Waals surface area contributed by atoms with E-state index in [1.807, 2.05) is 0 Å². The van der Waals surface area contributed by atoms with Crippen molar-refractivity contribution < 1.29 is 9.50 Å². The summed E-state index contributed by atoms with van der Waals surface area (Å²) in [7, 11) is 0. The number of hydrogen-bond acceptors (Lipinski definition) is 1. The zero-order valence-corrected chi connectivity index (χ0v) is 3.98. The average Bonchev–Trinajstić information content (AvgIpc) is 1.36. The Morgan fingerprint density at radius 2 is 1.67 bits per heavy atom. The fourth-order valence-corrected chi connectivity index (χ4v) is 0. The summed E-state index contributed by atoms with van der Waals surface area (Å²) in [5.41, 5.74) is 0. The molecule has 0 aromatic carbocycles. The van der Waals surface area contributed by atoms with Gasteiger partial charge in [-0.3, -0.25) is 0 Å². The number of aliphatic hydroxyl groups excluding tert-OH is 1. The molecule has 0 heterocycles. The second-order valence-corrected chi connectivity index (χ2v) is 1.42. The quantitative estimate of drug-likeness (QED) is 0.505. The van der Waals surface area contributed by atoms with Gasteiger partial charge in [-0.25, -0.2) is 4.39 Å².